The molecule has 0 N–H and O–H groups in total. The molecule has 0 spiro atoms. The van der Waals surface area contributed by atoms with Gasteiger partial charge in [-0.2, -0.15) is 0 Å². The summed E-state index contributed by atoms with van der Waals surface area (Å²) in [6.07, 6.45) is 0.00507. The van der Waals surface area contributed by atoms with E-state index in [-0.39, 0.29) is 25.5 Å². The average molecular weight is 329 g/mol. The topological polar surface area (TPSA) is 46.6 Å². The highest BCUT2D eigenvalue weighted by molar-refractivity contribution is 5.98. The number of hydrogen-bond donors (Lipinski definition) is 0. The number of carbonyl (C=O) groups excluding carboxylic acids is 2. The summed E-state index contributed by atoms with van der Waals surface area (Å²) < 4.78 is 18.3. The molecule has 5 heteroatoms. The maximum atomic E-state index is 13.3. The lowest BCUT2D eigenvalue weighted by atomic mass is 10.1. The van der Waals surface area contributed by atoms with Crippen LogP contribution in [0.3, 0.4) is 0 Å². The van der Waals surface area contributed by atoms with Gasteiger partial charge in [-0.15, -0.1) is 0 Å². The Morgan fingerprint density at radius 3 is 2.54 bits per heavy atom. The summed E-state index contributed by atoms with van der Waals surface area (Å²) in [6.45, 7) is 3.69. The smallest absolute Gasteiger partial charge is 0.326 e. The van der Waals surface area contributed by atoms with Crippen molar-refractivity contribution in [3.8, 4) is 0 Å². The van der Waals surface area contributed by atoms with Crippen LogP contribution in [0.2, 0.25) is 0 Å². The molecule has 0 aliphatic heterocycles. The number of carbonyl (C=O) groups is 2. The number of rotatable bonds is 6. The number of amides is 1. The van der Waals surface area contributed by atoms with Crippen molar-refractivity contribution in [3.63, 3.8) is 0 Å². The van der Waals surface area contributed by atoms with Crippen LogP contribution in [0.5, 0.6) is 0 Å². The van der Waals surface area contributed by atoms with Crippen molar-refractivity contribution < 1.29 is 18.7 Å². The van der Waals surface area contributed by atoms with Crippen molar-refractivity contribution in [2.75, 3.05) is 18.1 Å². The minimum atomic E-state index is -0.480. The van der Waals surface area contributed by atoms with Crippen LogP contribution in [0.1, 0.15) is 18.1 Å². The molecule has 24 heavy (non-hydrogen) atoms. The predicted molar refractivity (Wildman–Crippen MR) is 90.3 cm³/mol. The van der Waals surface area contributed by atoms with Gasteiger partial charge in [-0.3, -0.25) is 9.59 Å². The van der Waals surface area contributed by atoms with Gasteiger partial charge < -0.3 is 9.64 Å². The molecule has 0 saturated carbocycles. The number of aryl methyl sites for hydroxylation is 1. The fourth-order valence-corrected chi connectivity index (χ4v) is 2.37. The van der Waals surface area contributed by atoms with Gasteiger partial charge in [-0.1, -0.05) is 24.3 Å². The Morgan fingerprint density at radius 2 is 1.88 bits per heavy atom. The van der Waals surface area contributed by atoms with Gasteiger partial charge in [0.1, 0.15) is 12.4 Å². The third kappa shape index (κ3) is 4.91. The monoisotopic (exact) mass is 329 g/mol. The van der Waals surface area contributed by atoms with E-state index in [4.69, 9.17) is 4.74 Å². The van der Waals surface area contributed by atoms with Crippen LogP contribution < -0.4 is 4.90 Å². The van der Waals surface area contributed by atoms with E-state index < -0.39 is 11.8 Å². The Kier molecular flexibility index (Phi) is 6.07. The molecular formula is C19H20FNO3. The van der Waals surface area contributed by atoms with Crippen LogP contribution in [0.15, 0.2) is 48.5 Å². The van der Waals surface area contributed by atoms with E-state index in [0.717, 1.165) is 5.56 Å². The number of nitrogens with zero attached hydrogens (tertiary/aromatic N) is 1. The molecule has 0 atom stereocenters. The van der Waals surface area contributed by atoms with E-state index >= 15 is 0 Å². The maximum absolute atomic E-state index is 13.3. The summed E-state index contributed by atoms with van der Waals surface area (Å²) in [5.41, 5.74) is 2.14. The first kappa shape index (κ1) is 17.7. The molecule has 0 fully saturated rings. The van der Waals surface area contributed by atoms with Crippen LogP contribution >= 0.6 is 0 Å². The molecule has 4 nitrogen and oxygen atoms in total. The van der Waals surface area contributed by atoms with E-state index in [1.807, 2.05) is 25.1 Å². The first-order chi connectivity index (χ1) is 11.5. The predicted octanol–water partition coefficient (Wildman–Crippen LogP) is 3.27. The standard InChI is InChI=1S/C19H20FNO3/c1-3-24-19(23)13-21(17-9-4-6-14(2)10-17)18(22)12-15-7-5-8-16(20)11-15/h4-11H,3,12-13H2,1-2H3. The SMILES string of the molecule is CCOC(=O)CN(C(=O)Cc1cccc(F)c1)c1cccc(C)c1. The zero-order valence-electron chi connectivity index (χ0n) is 13.8. The molecule has 0 aliphatic rings. The second-order valence-electron chi connectivity index (χ2n) is 5.43. The van der Waals surface area contributed by atoms with Crippen molar-refractivity contribution in [3.05, 3.63) is 65.5 Å². The van der Waals surface area contributed by atoms with Crippen molar-refractivity contribution in [1.82, 2.24) is 0 Å². The van der Waals surface area contributed by atoms with Crippen LogP contribution in [-0.2, 0) is 20.7 Å². The Hall–Kier alpha value is -2.69. The summed E-state index contributed by atoms with van der Waals surface area (Å²) in [5, 5.41) is 0. The lowest BCUT2D eigenvalue weighted by Gasteiger charge is -2.22. The quantitative estimate of drug-likeness (QED) is 0.764. The molecular weight excluding hydrogens is 309 g/mol. The maximum Gasteiger partial charge on any atom is 0.326 e. The number of esters is 1. The van der Waals surface area contributed by atoms with Gasteiger partial charge in [-0.05, 0) is 49.2 Å². The zero-order chi connectivity index (χ0) is 17.5. The number of ether oxygens (including phenoxy) is 1. The fraction of sp³-hybridized carbons (Fsp3) is 0.263. The third-order valence-corrected chi connectivity index (χ3v) is 3.45. The lowest BCUT2D eigenvalue weighted by Crippen LogP contribution is -2.37. The number of hydrogen-bond acceptors (Lipinski definition) is 3. The van der Waals surface area contributed by atoms with Crippen molar-refractivity contribution >= 4 is 17.6 Å². The van der Waals surface area contributed by atoms with E-state index in [1.165, 1.54) is 17.0 Å². The summed E-state index contributed by atoms with van der Waals surface area (Å²) in [6, 6.07) is 13.2. The van der Waals surface area contributed by atoms with Crippen LogP contribution in [0.4, 0.5) is 10.1 Å². The number of anilines is 1. The van der Waals surface area contributed by atoms with Crippen LogP contribution in [-0.4, -0.2) is 25.0 Å². The van der Waals surface area contributed by atoms with Gasteiger partial charge in [-0.25, -0.2) is 4.39 Å². The van der Waals surface area contributed by atoms with E-state index in [2.05, 4.69) is 0 Å². The molecule has 0 bridgehead atoms. The second-order valence-corrected chi connectivity index (χ2v) is 5.43. The largest absolute Gasteiger partial charge is 0.465 e. The minimum absolute atomic E-state index is 0.00507. The first-order valence-corrected chi connectivity index (χ1v) is 7.76. The first-order valence-electron chi connectivity index (χ1n) is 7.76. The van der Waals surface area contributed by atoms with Crippen molar-refractivity contribution in [2.24, 2.45) is 0 Å². The molecule has 126 valence electrons. The molecule has 0 aliphatic carbocycles. The van der Waals surface area contributed by atoms with Crippen molar-refractivity contribution in [2.45, 2.75) is 20.3 Å². The zero-order valence-corrected chi connectivity index (χ0v) is 13.8. The molecule has 2 aromatic carbocycles. The minimum Gasteiger partial charge on any atom is -0.465 e. The summed E-state index contributed by atoms with van der Waals surface area (Å²) in [4.78, 5) is 25.9. The Balaban J connectivity index is 2.23. The molecule has 2 aromatic rings. The Labute approximate surface area is 140 Å². The van der Waals surface area contributed by atoms with E-state index in [9.17, 15) is 14.0 Å². The average Bonchev–Trinajstić information content (AvgIpc) is 2.53. The van der Waals surface area contributed by atoms with Crippen molar-refractivity contribution in [1.29, 1.82) is 0 Å². The molecule has 0 unspecified atom stereocenters. The molecule has 0 aromatic heterocycles. The van der Waals surface area contributed by atoms with Gasteiger partial charge in [0.2, 0.25) is 5.91 Å². The normalized spacial score (nSPS) is 10.3. The van der Waals surface area contributed by atoms with Gasteiger partial charge in [0.25, 0.3) is 0 Å². The number of benzene rings is 2. The van der Waals surface area contributed by atoms with Gasteiger partial charge in [0.15, 0.2) is 0 Å². The summed E-state index contributed by atoms with van der Waals surface area (Å²) in [5.74, 6) is -1.17. The molecule has 1 amide bonds. The summed E-state index contributed by atoms with van der Waals surface area (Å²) >= 11 is 0. The lowest BCUT2D eigenvalue weighted by molar-refractivity contribution is -0.142. The van der Waals surface area contributed by atoms with E-state index in [0.29, 0.717) is 11.3 Å². The van der Waals surface area contributed by atoms with Gasteiger partial charge in [0.05, 0.1) is 13.0 Å². The number of halogens is 1. The molecule has 0 saturated heterocycles. The molecule has 0 radical (unpaired) electrons. The molecule has 2 rings (SSSR count). The van der Waals surface area contributed by atoms with Gasteiger partial charge >= 0.3 is 5.97 Å². The molecule has 0 heterocycles. The van der Waals surface area contributed by atoms with Gasteiger partial charge in [0, 0.05) is 5.69 Å². The summed E-state index contributed by atoms with van der Waals surface area (Å²) in [7, 11) is 0. The third-order valence-electron chi connectivity index (χ3n) is 3.45. The highest BCUT2D eigenvalue weighted by Gasteiger charge is 2.20. The van der Waals surface area contributed by atoms with E-state index in [1.54, 1.807) is 25.1 Å². The Bertz CT molecular complexity index is 730. The Morgan fingerprint density at radius 1 is 1.12 bits per heavy atom. The highest BCUT2D eigenvalue weighted by Crippen LogP contribution is 2.18. The highest BCUT2D eigenvalue weighted by atomic mass is 19.1. The second kappa shape index (κ2) is 8.24. The van der Waals surface area contributed by atoms with Crippen LogP contribution in [0.25, 0.3) is 0 Å². The van der Waals surface area contributed by atoms with Crippen LogP contribution in [0, 0.1) is 12.7 Å². The fourth-order valence-electron chi connectivity index (χ4n) is 2.37.